The van der Waals surface area contributed by atoms with Crippen molar-refractivity contribution in [1.82, 2.24) is 14.7 Å². The molecule has 0 bridgehead atoms. The molecule has 0 aliphatic carbocycles. The second-order valence-electron chi connectivity index (χ2n) is 6.67. The van der Waals surface area contributed by atoms with Gasteiger partial charge >= 0.3 is 0 Å². The zero-order chi connectivity index (χ0) is 13.8. The Morgan fingerprint density at radius 2 is 1.45 bits per heavy atom. The molecule has 20 heavy (non-hydrogen) atoms. The van der Waals surface area contributed by atoms with Crippen LogP contribution < -0.4 is 0 Å². The minimum atomic E-state index is 0.400. The van der Waals surface area contributed by atoms with Crippen molar-refractivity contribution in [3.63, 3.8) is 0 Å². The maximum Gasteiger partial charge on any atom is 0.222 e. The lowest BCUT2D eigenvalue weighted by molar-refractivity contribution is -0.130. The van der Waals surface area contributed by atoms with Gasteiger partial charge in [-0.3, -0.25) is 4.79 Å². The molecule has 0 atom stereocenters. The normalized spacial score (nSPS) is 27.4. The van der Waals surface area contributed by atoms with Gasteiger partial charge in [-0.25, -0.2) is 0 Å². The van der Waals surface area contributed by atoms with E-state index in [2.05, 4.69) is 14.7 Å². The lowest BCUT2D eigenvalue weighted by Gasteiger charge is -2.37. The van der Waals surface area contributed by atoms with Crippen molar-refractivity contribution < 1.29 is 4.79 Å². The zero-order valence-electron chi connectivity index (χ0n) is 12.7. The summed E-state index contributed by atoms with van der Waals surface area (Å²) in [5.41, 5.74) is 0. The van der Waals surface area contributed by atoms with Gasteiger partial charge in [-0.2, -0.15) is 0 Å². The van der Waals surface area contributed by atoms with Crippen LogP contribution in [0, 0.1) is 0 Å². The van der Waals surface area contributed by atoms with Crippen LogP contribution in [-0.4, -0.2) is 72.5 Å². The van der Waals surface area contributed by atoms with Crippen LogP contribution in [0.3, 0.4) is 0 Å². The van der Waals surface area contributed by atoms with Gasteiger partial charge in [0.1, 0.15) is 0 Å². The van der Waals surface area contributed by atoms with Crippen molar-refractivity contribution in [1.29, 1.82) is 0 Å². The summed E-state index contributed by atoms with van der Waals surface area (Å²) in [5.74, 6) is 0.400. The second kappa shape index (κ2) is 6.90. The van der Waals surface area contributed by atoms with E-state index in [4.69, 9.17) is 0 Å². The van der Waals surface area contributed by atoms with Gasteiger partial charge < -0.3 is 14.7 Å². The number of piperidine rings is 2. The van der Waals surface area contributed by atoms with E-state index in [9.17, 15) is 4.79 Å². The molecule has 0 saturated carbocycles. The first kappa shape index (κ1) is 14.3. The number of hydrogen-bond donors (Lipinski definition) is 0. The SMILES string of the molecule is O=C1CCCN1C1CCN(CCN2CCCCC2)CC1. The summed E-state index contributed by atoms with van der Waals surface area (Å²) in [6, 6.07) is 0.538. The van der Waals surface area contributed by atoms with E-state index in [0.717, 1.165) is 19.4 Å². The molecule has 3 rings (SSSR count). The highest BCUT2D eigenvalue weighted by atomic mass is 16.2. The van der Waals surface area contributed by atoms with Crippen LogP contribution in [0.25, 0.3) is 0 Å². The van der Waals surface area contributed by atoms with E-state index in [-0.39, 0.29) is 0 Å². The van der Waals surface area contributed by atoms with E-state index in [1.54, 1.807) is 0 Å². The molecule has 3 fully saturated rings. The molecule has 4 nitrogen and oxygen atoms in total. The third-order valence-electron chi connectivity index (χ3n) is 5.29. The third kappa shape index (κ3) is 3.53. The number of nitrogens with zero attached hydrogens (tertiary/aromatic N) is 3. The first-order valence-corrected chi connectivity index (χ1v) is 8.57. The largest absolute Gasteiger partial charge is 0.340 e. The number of rotatable bonds is 4. The average molecular weight is 279 g/mol. The van der Waals surface area contributed by atoms with E-state index >= 15 is 0 Å². The molecule has 3 heterocycles. The molecule has 3 saturated heterocycles. The van der Waals surface area contributed by atoms with Crippen molar-refractivity contribution in [2.45, 2.75) is 51.0 Å². The maximum absolute atomic E-state index is 11.8. The molecule has 114 valence electrons. The Hall–Kier alpha value is -0.610. The Morgan fingerprint density at radius 1 is 0.800 bits per heavy atom. The van der Waals surface area contributed by atoms with Crippen molar-refractivity contribution in [3.8, 4) is 0 Å². The molecule has 0 spiro atoms. The summed E-state index contributed by atoms with van der Waals surface area (Å²) in [6.45, 7) is 8.45. The summed E-state index contributed by atoms with van der Waals surface area (Å²) in [4.78, 5) is 19.2. The fourth-order valence-corrected chi connectivity index (χ4v) is 3.98. The lowest BCUT2D eigenvalue weighted by atomic mass is 10.0. The van der Waals surface area contributed by atoms with Crippen molar-refractivity contribution in [2.24, 2.45) is 0 Å². The Labute approximate surface area is 123 Å². The van der Waals surface area contributed by atoms with Gasteiger partial charge in [-0.15, -0.1) is 0 Å². The highest BCUT2D eigenvalue weighted by Gasteiger charge is 2.30. The maximum atomic E-state index is 11.8. The van der Waals surface area contributed by atoms with Crippen LogP contribution in [0.15, 0.2) is 0 Å². The van der Waals surface area contributed by atoms with Crippen molar-refractivity contribution in [3.05, 3.63) is 0 Å². The van der Waals surface area contributed by atoms with E-state index in [1.807, 2.05) is 0 Å². The smallest absolute Gasteiger partial charge is 0.222 e. The number of likely N-dealkylation sites (tertiary alicyclic amines) is 3. The molecule has 0 aromatic carbocycles. The molecule has 3 aliphatic heterocycles. The van der Waals surface area contributed by atoms with Crippen LogP contribution in [0.5, 0.6) is 0 Å². The third-order valence-corrected chi connectivity index (χ3v) is 5.29. The molecule has 3 aliphatic rings. The fraction of sp³-hybridized carbons (Fsp3) is 0.938. The standard InChI is InChI=1S/C16H29N3O/c20-16-5-4-10-19(16)15-6-11-18(12-7-15)14-13-17-8-2-1-3-9-17/h15H,1-14H2. The van der Waals surface area contributed by atoms with Gasteiger partial charge in [0.05, 0.1) is 0 Å². The average Bonchev–Trinajstić information content (AvgIpc) is 2.93. The monoisotopic (exact) mass is 279 g/mol. The van der Waals surface area contributed by atoms with Crippen LogP contribution in [0.1, 0.15) is 44.9 Å². The molecule has 0 N–H and O–H groups in total. The zero-order valence-corrected chi connectivity index (χ0v) is 12.7. The molecule has 0 aromatic heterocycles. The Kier molecular flexibility index (Phi) is 4.94. The summed E-state index contributed by atoms with van der Waals surface area (Å²) < 4.78 is 0. The number of amides is 1. The van der Waals surface area contributed by atoms with Gasteiger partial charge in [0.25, 0.3) is 0 Å². The minimum Gasteiger partial charge on any atom is -0.340 e. The van der Waals surface area contributed by atoms with Gasteiger partial charge in [0, 0.05) is 45.2 Å². The van der Waals surface area contributed by atoms with Crippen LogP contribution in [0.4, 0.5) is 0 Å². The van der Waals surface area contributed by atoms with Gasteiger partial charge in [0.2, 0.25) is 5.91 Å². The Bertz CT molecular complexity index is 320. The van der Waals surface area contributed by atoms with Crippen molar-refractivity contribution >= 4 is 5.91 Å². The highest BCUT2D eigenvalue weighted by molar-refractivity contribution is 5.78. The van der Waals surface area contributed by atoms with Crippen LogP contribution >= 0.6 is 0 Å². The minimum absolute atomic E-state index is 0.400. The fourth-order valence-electron chi connectivity index (χ4n) is 3.98. The summed E-state index contributed by atoms with van der Waals surface area (Å²) in [6.07, 6.45) is 8.44. The molecule has 0 unspecified atom stereocenters. The summed E-state index contributed by atoms with van der Waals surface area (Å²) >= 11 is 0. The molecule has 4 heteroatoms. The predicted octanol–water partition coefficient (Wildman–Crippen LogP) is 1.56. The van der Waals surface area contributed by atoms with E-state index in [0.29, 0.717) is 11.9 Å². The van der Waals surface area contributed by atoms with Crippen LogP contribution in [-0.2, 0) is 4.79 Å². The molecular weight excluding hydrogens is 250 g/mol. The molecule has 0 radical (unpaired) electrons. The highest BCUT2D eigenvalue weighted by Crippen LogP contribution is 2.22. The number of hydrogen-bond acceptors (Lipinski definition) is 3. The predicted molar refractivity (Wildman–Crippen MR) is 80.7 cm³/mol. The second-order valence-corrected chi connectivity index (χ2v) is 6.67. The number of carbonyl (C=O) groups excluding carboxylic acids is 1. The van der Waals surface area contributed by atoms with Crippen LogP contribution in [0.2, 0.25) is 0 Å². The van der Waals surface area contributed by atoms with Gasteiger partial charge in [-0.1, -0.05) is 6.42 Å². The molecular formula is C16H29N3O. The topological polar surface area (TPSA) is 26.8 Å². The summed E-state index contributed by atoms with van der Waals surface area (Å²) in [5, 5.41) is 0. The van der Waals surface area contributed by atoms with E-state index in [1.165, 1.54) is 71.4 Å². The van der Waals surface area contributed by atoms with Gasteiger partial charge in [0.15, 0.2) is 0 Å². The summed E-state index contributed by atoms with van der Waals surface area (Å²) in [7, 11) is 0. The molecule has 1 amide bonds. The Balaban J connectivity index is 1.36. The Morgan fingerprint density at radius 3 is 2.05 bits per heavy atom. The van der Waals surface area contributed by atoms with E-state index < -0.39 is 0 Å². The molecule has 0 aromatic rings. The first-order valence-electron chi connectivity index (χ1n) is 8.57. The van der Waals surface area contributed by atoms with Crippen molar-refractivity contribution in [2.75, 3.05) is 45.8 Å². The quantitative estimate of drug-likeness (QED) is 0.781. The lowest BCUT2D eigenvalue weighted by Crippen LogP contribution is -2.47. The number of carbonyl (C=O) groups is 1. The first-order chi connectivity index (χ1) is 9.83. The van der Waals surface area contributed by atoms with Gasteiger partial charge in [-0.05, 0) is 45.2 Å².